The van der Waals surface area contributed by atoms with E-state index in [1.807, 2.05) is 18.2 Å². The highest BCUT2D eigenvalue weighted by Crippen LogP contribution is 2.29. The third-order valence-electron chi connectivity index (χ3n) is 2.96. The highest BCUT2D eigenvalue weighted by molar-refractivity contribution is 5.99. The minimum atomic E-state index is 0.504. The van der Waals surface area contributed by atoms with Crippen molar-refractivity contribution < 1.29 is 4.74 Å². The van der Waals surface area contributed by atoms with Crippen molar-refractivity contribution >= 4 is 17.2 Å². The molecule has 1 aromatic rings. The molecule has 98 valence electrons. The van der Waals surface area contributed by atoms with E-state index in [0.29, 0.717) is 6.61 Å². The van der Waals surface area contributed by atoms with Crippen molar-refractivity contribution in [2.75, 3.05) is 24.2 Å². The Labute approximate surface area is 108 Å². The molecule has 0 amide bonds. The fraction of sp³-hybridized carbons (Fsp3) is 0.500. The Morgan fingerprint density at radius 2 is 2.22 bits per heavy atom. The first-order valence-electron chi connectivity index (χ1n) is 6.62. The molecule has 3 N–H and O–H groups in total. The zero-order valence-electron chi connectivity index (χ0n) is 10.9. The Hall–Kier alpha value is -1.71. The zero-order chi connectivity index (χ0) is 12.8. The number of nitrogen functional groups attached to an aromatic ring is 1. The van der Waals surface area contributed by atoms with Crippen LogP contribution >= 0.6 is 0 Å². The maximum Gasteiger partial charge on any atom is 0.146 e. The molecule has 0 fully saturated rings. The molecule has 1 aromatic carbocycles. The molecule has 0 bridgehead atoms. The van der Waals surface area contributed by atoms with E-state index in [1.165, 1.54) is 19.3 Å². The molecule has 0 spiro atoms. The molecule has 2 rings (SSSR count). The molecule has 0 aromatic heterocycles. The number of amidine groups is 1. The van der Waals surface area contributed by atoms with Crippen LogP contribution in [0.2, 0.25) is 0 Å². The average Bonchev–Trinajstić information content (AvgIpc) is 2.38. The van der Waals surface area contributed by atoms with E-state index in [2.05, 4.69) is 17.2 Å². The molecule has 1 heterocycles. The third-order valence-corrected chi connectivity index (χ3v) is 2.96. The van der Waals surface area contributed by atoms with Crippen molar-refractivity contribution in [1.82, 2.24) is 0 Å². The topological polar surface area (TPSA) is 59.6 Å². The smallest absolute Gasteiger partial charge is 0.146 e. The monoisotopic (exact) mass is 247 g/mol. The van der Waals surface area contributed by atoms with Gasteiger partial charge in [0.25, 0.3) is 0 Å². The summed E-state index contributed by atoms with van der Waals surface area (Å²) in [5.41, 5.74) is 7.37. The lowest BCUT2D eigenvalue weighted by molar-refractivity contribution is 0.372. The first kappa shape index (κ1) is 12.7. The maximum absolute atomic E-state index is 5.71. The van der Waals surface area contributed by atoms with Crippen molar-refractivity contribution in [1.29, 1.82) is 0 Å². The van der Waals surface area contributed by atoms with Gasteiger partial charge in [-0.1, -0.05) is 26.2 Å². The van der Waals surface area contributed by atoms with Crippen LogP contribution in [0.15, 0.2) is 23.2 Å². The Morgan fingerprint density at radius 1 is 1.33 bits per heavy atom. The van der Waals surface area contributed by atoms with Crippen LogP contribution in [-0.2, 0) is 0 Å². The second-order valence-corrected chi connectivity index (χ2v) is 4.56. The predicted molar refractivity (Wildman–Crippen MR) is 76.4 cm³/mol. The molecule has 4 nitrogen and oxygen atoms in total. The van der Waals surface area contributed by atoms with Gasteiger partial charge in [-0.2, -0.15) is 0 Å². The summed E-state index contributed by atoms with van der Waals surface area (Å²) in [7, 11) is 0. The summed E-state index contributed by atoms with van der Waals surface area (Å²) in [6.45, 7) is 3.59. The number of hydrogen-bond acceptors (Lipinski definition) is 3. The first-order valence-corrected chi connectivity index (χ1v) is 6.62. The van der Waals surface area contributed by atoms with E-state index in [4.69, 9.17) is 10.5 Å². The van der Waals surface area contributed by atoms with Gasteiger partial charge in [-0.3, -0.25) is 4.99 Å². The van der Waals surface area contributed by atoms with E-state index in [1.54, 1.807) is 0 Å². The van der Waals surface area contributed by atoms with Gasteiger partial charge in [0.2, 0.25) is 0 Å². The lowest BCUT2D eigenvalue weighted by atomic mass is 10.2. The zero-order valence-corrected chi connectivity index (χ0v) is 10.9. The lowest BCUT2D eigenvalue weighted by Gasteiger charge is -2.21. The molecule has 4 heteroatoms. The van der Waals surface area contributed by atoms with E-state index < -0.39 is 0 Å². The number of nitrogens with one attached hydrogen (secondary N) is 1. The van der Waals surface area contributed by atoms with Gasteiger partial charge in [0.15, 0.2) is 0 Å². The Balaban J connectivity index is 1.87. The average molecular weight is 247 g/mol. The van der Waals surface area contributed by atoms with Crippen molar-refractivity contribution in [2.45, 2.75) is 32.6 Å². The van der Waals surface area contributed by atoms with E-state index in [-0.39, 0.29) is 0 Å². The van der Waals surface area contributed by atoms with Crippen LogP contribution in [0.1, 0.15) is 32.6 Å². The Kier molecular flexibility index (Phi) is 4.45. The number of nitrogens with zero attached hydrogens (tertiary/aromatic N) is 1. The molecule has 0 saturated heterocycles. The summed E-state index contributed by atoms with van der Waals surface area (Å²) >= 11 is 0. The number of aliphatic imine (C=N–C) groups is 1. The highest BCUT2D eigenvalue weighted by Gasteiger charge is 2.13. The van der Waals surface area contributed by atoms with Crippen molar-refractivity contribution in [3.8, 4) is 5.75 Å². The van der Waals surface area contributed by atoms with Crippen molar-refractivity contribution in [2.24, 2.45) is 4.99 Å². The van der Waals surface area contributed by atoms with Crippen LogP contribution in [-0.4, -0.2) is 19.0 Å². The van der Waals surface area contributed by atoms with E-state index in [9.17, 15) is 0 Å². The molecule has 0 unspecified atom stereocenters. The summed E-state index contributed by atoms with van der Waals surface area (Å²) in [5.74, 6) is 1.71. The van der Waals surface area contributed by atoms with Gasteiger partial charge in [0, 0.05) is 18.3 Å². The van der Waals surface area contributed by atoms with Gasteiger partial charge in [-0.05, 0) is 18.6 Å². The number of benzene rings is 1. The Bertz CT molecular complexity index is 429. The summed E-state index contributed by atoms with van der Waals surface area (Å²) in [6.07, 6.45) is 4.94. The Morgan fingerprint density at radius 3 is 3.06 bits per heavy atom. The first-order chi connectivity index (χ1) is 8.79. The summed E-state index contributed by atoms with van der Waals surface area (Å²) in [4.78, 5) is 4.53. The molecule has 18 heavy (non-hydrogen) atoms. The molecule has 1 aliphatic rings. The minimum absolute atomic E-state index is 0.504. The molecular formula is C14H21N3O. The number of fused-ring (bicyclic) bond motifs is 1. The minimum Gasteiger partial charge on any atom is -0.483 e. The third kappa shape index (κ3) is 3.39. The van der Waals surface area contributed by atoms with Crippen LogP contribution in [0.3, 0.4) is 0 Å². The van der Waals surface area contributed by atoms with Crippen LogP contribution in [0.25, 0.3) is 0 Å². The lowest BCUT2D eigenvalue weighted by Crippen LogP contribution is -2.26. The molecule has 1 aliphatic heterocycles. The molecule has 0 atom stereocenters. The van der Waals surface area contributed by atoms with Gasteiger partial charge >= 0.3 is 0 Å². The van der Waals surface area contributed by atoms with Gasteiger partial charge < -0.3 is 15.8 Å². The molecule has 0 saturated carbocycles. The van der Waals surface area contributed by atoms with Crippen LogP contribution < -0.4 is 15.8 Å². The quantitative estimate of drug-likeness (QED) is 0.621. The number of anilines is 2. The van der Waals surface area contributed by atoms with Crippen LogP contribution in [0.5, 0.6) is 5.75 Å². The second-order valence-electron chi connectivity index (χ2n) is 4.56. The van der Waals surface area contributed by atoms with Gasteiger partial charge in [-0.25, -0.2) is 0 Å². The van der Waals surface area contributed by atoms with Crippen molar-refractivity contribution in [3.05, 3.63) is 18.2 Å². The summed E-state index contributed by atoms with van der Waals surface area (Å²) < 4.78 is 5.62. The summed E-state index contributed by atoms with van der Waals surface area (Å²) in [6, 6.07) is 5.62. The number of ether oxygens (including phenoxy) is 1. The van der Waals surface area contributed by atoms with Crippen LogP contribution in [0, 0.1) is 0 Å². The molecule has 0 radical (unpaired) electrons. The van der Waals surface area contributed by atoms with Gasteiger partial charge in [0.1, 0.15) is 18.2 Å². The van der Waals surface area contributed by atoms with Gasteiger partial charge in [-0.15, -0.1) is 0 Å². The van der Waals surface area contributed by atoms with Gasteiger partial charge in [0.05, 0.1) is 5.69 Å². The SMILES string of the molecule is CCCCCCN=C1COc2cc(N)ccc2N1. The fourth-order valence-corrected chi connectivity index (χ4v) is 1.94. The number of unbranched alkanes of at least 4 members (excludes halogenated alkanes) is 3. The van der Waals surface area contributed by atoms with E-state index in [0.717, 1.165) is 35.9 Å². The maximum atomic E-state index is 5.71. The fourth-order valence-electron chi connectivity index (χ4n) is 1.94. The number of rotatable bonds is 5. The van der Waals surface area contributed by atoms with Crippen molar-refractivity contribution in [3.63, 3.8) is 0 Å². The highest BCUT2D eigenvalue weighted by atomic mass is 16.5. The number of nitrogens with two attached hydrogens (primary N) is 1. The molecule has 0 aliphatic carbocycles. The second kappa shape index (κ2) is 6.28. The molecular weight excluding hydrogens is 226 g/mol. The van der Waals surface area contributed by atoms with Crippen LogP contribution in [0.4, 0.5) is 11.4 Å². The summed E-state index contributed by atoms with van der Waals surface area (Å²) in [5, 5.41) is 3.28. The normalized spacial score (nSPS) is 15.9. The van der Waals surface area contributed by atoms with E-state index >= 15 is 0 Å². The number of hydrogen-bond donors (Lipinski definition) is 2. The standard InChI is InChI=1S/C14H21N3O/c1-2-3-4-5-8-16-14-10-18-13-9-11(15)6-7-12(13)17-14/h6-7,9H,2-5,8,10,15H2,1H3,(H,16,17). The largest absolute Gasteiger partial charge is 0.483 e. The predicted octanol–water partition coefficient (Wildman–Crippen LogP) is 3.05.